The van der Waals surface area contributed by atoms with Gasteiger partial charge in [0.25, 0.3) is 0 Å². The molecule has 1 heterocycles. The number of halogens is 2. The molecular formula is C24H28ClFN4NaO9P. The molecule has 1 aromatic heterocycles. The van der Waals surface area contributed by atoms with Crippen molar-refractivity contribution in [2.45, 2.75) is 25.1 Å². The van der Waals surface area contributed by atoms with Crippen LogP contribution in [0.15, 0.2) is 59.1 Å². The Labute approximate surface area is 261 Å². The molecule has 0 fully saturated rings. The number of carbonyl (C=O) groups excluding carboxylic acids is 2. The summed E-state index contributed by atoms with van der Waals surface area (Å²) in [5.74, 6) is -0.663. The Morgan fingerprint density at radius 2 is 1.88 bits per heavy atom. The van der Waals surface area contributed by atoms with Crippen molar-refractivity contribution in [3.8, 4) is 11.3 Å². The van der Waals surface area contributed by atoms with Gasteiger partial charge in [0.15, 0.2) is 0 Å². The maximum absolute atomic E-state index is 13.7. The van der Waals surface area contributed by atoms with Crippen molar-refractivity contribution in [3.05, 3.63) is 71.0 Å². The van der Waals surface area contributed by atoms with Crippen LogP contribution in [0.25, 0.3) is 11.3 Å². The number of benzene rings is 2. The number of aliphatic hydroxyl groups is 1. The number of hydrogen-bond acceptors (Lipinski definition) is 8. The Balaban J connectivity index is 0.00000588. The van der Waals surface area contributed by atoms with Gasteiger partial charge in [0, 0.05) is 25.2 Å². The zero-order valence-corrected chi connectivity index (χ0v) is 22.7. The minimum atomic E-state index is -4.86. The average Bonchev–Trinajstić information content (AvgIpc) is 3.38. The van der Waals surface area contributed by atoms with Crippen molar-refractivity contribution in [2.24, 2.45) is 0 Å². The second kappa shape index (κ2) is 16.2. The molecule has 5 N–H and O–H groups in total. The number of anilines is 1. The van der Waals surface area contributed by atoms with E-state index >= 15 is 0 Å². The van der Waals surface area contributed by atoms with Gasteiger partial charge in [-0.25, -0.2) is 18.5 Å². The molecule has 2 atom stereocenters. The van der Waals surface area contributed by atoms with Gasteiger partial charge in [-0.3, -0.25) is 9.84 Å². The van der Waals surface area contributed by atoms with E-state index in [1.165, 1.54) is 31.3 Å². The molecule has 2 aromatic carbocycles. The standard InChI is InChI=1S/C24H27ClFN4O9P.Na.H/c1-30(23(32)27-12-16-8-5-9-19(26)22(16)25)17(10-18(31)14-38-40(34,35)36)13-37-24(33)28-21-11-20(29-39-21)15-6-3-2-4-7-15;;/h2-9,11,17-18,31H,10,12-14H2,1H3,(H,27,32)(H,28,33)(H2,34,35,36);;/t17-,18-;;/m0../s1. The zero-order valence-electron chi connectivity index (χ0n) is 21.1. The molecule has 0 radical (unpaired) electrons. The number of rotatable bonds is 12. The average molecular weight is 625 g/mol. The molecule has 0 unspecified atom stereocenters. The van der Waals surface area contributed by atoms with Gasteiger partial charge >= 0.3 is 49.5 Å². The van der Waals surface area contributed by atoms with Crippen LogP contribution >= 0.6 is 19.4 Å². The van der Waals surface area contributed by atoms with Gasteiger partial charge in [-0.2, -0.15) is 0 Å². The molecule has 3 amide bonds. The number of phosphoric ester groups is 1. The number of nitrogens with one attached hydrogen (secondary N) is 2. The van der Waals surface area contributed by atoms with Crippen molar-refractivity contribution in [1.29, 1.82) is 0 Å². The maximum atomic E-state index is 13.7. The van der Waals surface area contributed by atoms with Gasteiger partial charge in [0.2, 0.25) is 5.88 Å². The minimum absolute atomic E-state index is 0. The number of likely N-dealkylation sites (N-methyl/N-ethyl adjacent to an activating group) is 1. The summed E-state index contributed by atoms with van der Waals surface area (Å²) >= 11 is 5.92. The fourth-order valence-electron chi connectivity index (χ4n) is 3.44. The Morgan fingerprint density at radius 1 is 1.17 bits per heavy atom. The summed E-state index contributed by atoms with van der Waals surface area (Å²) in [5, 5.41) is 18.9. The summed E-state index contributed by atoms with van der Waals surface area (Å²) in [6, 6.07) is 13.0. The number of carbonyl (C=O) groups is 2. The molecule has 0 saturated heterocycles. The second-order valence-electron chi connectivity index (χ2n) is 8.48. The number of phosphoric acid groups is 1. The van der Waals surface area contributed by atoms with E-state index in [1.807, 2.05) is 18.2 Å². The van der Waals surface area contributed by atoms with Crippen molar-refractivity contribution in [3.63, 3.8) is 0 Å². The number of hydrogen-bond donors (Lipinski definition) is 5. The van der Waals surface area contributed by atoms with Crippen molar-refractivity contribution in [1.82, 2.24) is 15.4 Å². The van der Waals surface area contributed by atoms with Crippen molar-refractivity contribution >= 4 is 67.0 Å². The third-order valence-electron chi connectivity index (χ3n) is 5.52. The molecule has 3 aromatic rings. The molecule has 41 heavy (non-hydrogen) atoms. The van der Waals surface area contributed by atoms with Crippen LogP contribution in [0, 0.1) is 5.82 Å². The third-order valence-corrected chi connectivity index (χ3v) is 6.43. The van der Waals surface area contributed by atoms with E-state index in [2.05, 4.69) is 20.3 Å². The number of urea groups is 1. The van der Waals surface area contributed by atoms with Crippen LogP contribution in [0.1, 0.15) is 12.0 Å². The van der Waals surface area contributed by atoms with Gasteiger partial charge in [-0.1, -0.05) is 59.2 Å². The summed E-state index contributed by atoms with van der Waals surface area (Å²) in [4.78, 5) is 44.1. The molecule has 13 nitrogen and oxygen atoms in total. The van der Waals surface area contributed by atoms with E-state index < -0.39 is 51.1 Å². The molecule has 0 bridgehead atoms. The zero-order chi connectivity index (χ0) is 29.3. The van der Waals surface area contributed by atoms with Crippen LogP contribution in [0.5, 0.6) is 0 Å². The van der Waals surface area contributed by atoms with E-state index in [1.54, 1.807) is 12.1 Å². The van der Waals surface area contributed by atoms with Crippen LogP contribution in [-0.4, -0.2) is 99.0 Å². The first-order valence-electron chi connectivity index (χ1n) is 11.7. The number of nitrogens with zero attached hydrogens (tertiary/aromatic N) is 2. The topological polar surface area (TPSA) is 184 Å². The SMILES string of the molecule is CN(C(=O)NCc1cccc(F)c1Cl)[C@H](COC(=O)Nc1cc(-c2ccccc2)no1)C[C@H](O)COP(=O)(O)O.[NaH]. The fourth-order valence-corrected chi connectivity index (χ4v) is 4.00. The van der Waals surface area contributed by atoms with Crippen LogP contribution in [0.4, 0.5) is 19.9 Å². The quantitative estimate of drug-likeness (QED) is 0.148. The normalized spacial score (nSPS) is 12.5. The summed E-state index contributed by atoms with van der Waals surface area (Å²) < 4.78 is 39.3. The van der Waals surface area contributed by atoms with E-state index in [4.69, 9.17) is 30.6 Å². The van der Waals surface area contributed by atoms with Crippen molar-refractivity contribution in [2.75, 3.05) is 25.6 Å². The monoisotopic (exact) mass is 624 g/mol. The third kappa shape index (κ3) is 11.3. The first kappa shape index (κ1) is 34.7. The van der Waals surface area contributed by atoms with Gasteiger partial charge < -0.3 is 34.4 Å². The van der Waals surface area contributed by atoms with Crippen LogP contribution < -0.4 is 10.6 Å². The Hall–Kier alpha value is -2.52. The van der Waals surface area contributed by atoms with E-state index in [-0.39, 0.29) is 53.4 Å². The Morgan fingerprint density at radius 3 is 2.56 bits per heavy atom. The molecule has 0 aliphatic carbocycles. The first-order valence-corrected chi connectivity index (χ1v) is 13.6. The van der Waals surface area contributed by atoms with Crippen LogP contribution in [0.3, 0.4) is 0 Å². The van der Waals surface area contributed by atoms with Crippen LogP contribution in [-0.2, 0) is 20.4 Å². The number of amides is 3. The predicted octanol–water partition coefficient (Wildman–Crippen LogP) is 3.10. The fraction of sp³-hybridized carbons (Fsp3) is 0.292. The van der Waals surface area contributed by atoms with Gasteiger partial charge in [-0.15, -0.1) is 0 Å². The summed E-state index contributed by atoms with van der Waals surface area (Å²) in [6.45, 7) is -1.32. The first-order chi connectivity index (χ1) is 18.9. The van der Waals surface area contributed by atoms with Crippen molar-refractivity contribution < 1.29 is 47.2 Å². The number of aromatic nitrogens is 1. The number of aliphatic hydroxyl groups excluding tert-OH is 1. The van der Waals surface area contributed by atoms with Gasteiger partial charge in [0.05, 0.1) is 23.8 Å². The van der Waals surface area contributed by atoms with E-state index in [0.29, 0.717) is 11.3 Å². The van der Waals surface area contributed by atoms with Gasteiger partial charge in [-0.05, 0) is 18.1 Å². The molecule has 17 heteroatoms. The van der Waals surface area contributed by atoms with E-state index in [9.17, 15) is 23.7 Å². The van der Waals surface area contributed by atoms with Gasteiger partial charge in [0.1, 0.15) is 18.1 Å². The van der Waals surface area contributed by atoms with E-state index in [0.717, 1.165) is 10.5 Å². The molecule has 0 saturated carbocycles. The molecule has 3 rings (SSSR count). The summed E-state index contributed by atoms with van der Waals surface area (Å²) in [6.07, 6.45) is -2.69. The predicted molar refractivity (Wildman–Crippen MR) is 148 cm³/mol. The number of ether oxygens (including phenoxy) is 1. The Kier molecular flexibility index (Phi) is 13.7. The van der Waals surface area contributed by atoms with Crippen LogP contribution in [0.2, 0.25) is 5.02 Å². The summed E-state index contributed by atoms with van der Waals surface area (Å²) in [7, 11) is -3.52. The second-order valence-corrected chi connectivity index (χ2v) is 10.1. The Bertz CT molecular complexity index is 1350. The molecule has 0 aliphatic rings. The molecule has 218 valence electrons. The molecule has 0 spiro atoms. The molecular weight excluding hydrogens is 597 g/mol. The molecule has 0 aliphatic heterocycles. The summed E-state index contributed by atoms with van der Waals surface area (Å²) in [5.41, 5.74) is 1.54.